The molecule has 10 heteroatoms. The molecule has 202 valence electrons. The molecule has 1 atom stereocenters. The van der Waals surface area contributed by atoms with Gasteiger partial charge in [0.2, 0.25) is 0 Å². The molecule has 0 amide bonds. The number of esters is 1. The van der Waals surface area contributed by atoms with Crippen molar-refractivity contribution in [3.8, 4) is 0 Å². The van der Waals surface area contributed by atoms with Crippen LogP contribution in [0.15, 0.2) is 27.5 Å². The second kappa shape index (κ2) is 11.6. The number of aromatic nitrogens is 3. The van der Waals surface area contributed by atoms with Crippen LogP contribution in [0.1, 0.15) is 79.7 Å². The quantitative estimate of drug-likeness (QED) is 0.235. The molecular weight excluding hydrogens is 491 g/mol. The van der Waals surface area contributed by atoms with E-state index >= 15 is 0 Å². The SMILES string of the molecule is Cc1nc2n(c(=O)c1CCN1CCC(c3noc4cc(F)ccc34)CC1)CCCC2OC(=O)CCCC=O. The molecule has 0 bridgehead atoms. The highest BCUT2D eigenvalue weighted by atomic mass is 19.1. The van der Waals surface area contributed by atoms with E-state index in [4.69, 9.17) is 14.2 Å². The number of rotatable bonds is 9. The first-order valence-electron chi connectivity index (χ1n) is 13.4. The number of carbonyl (C=O) groups excluding carboxylic acids is 2. The zero-order chi connectivity index (χ0) is 26.6. The van der Waals surface area contributed by atoms with Gasteiger partial charge in [-0.3, -0.25) is 14.2 Å². The summed E-state index contributed by atoms with van der Waals surface area (Å²) in [5.74, 6) is 0.0801. The van der Waals surface area contributed by atoms with Crippen LogP contribution in [-0.2, 0) is 27.3 Å². The molecule has 0 aliphatic carbocycles. The van der Waals surface area contributed by atoms with Crippen LogP contribution >= 0.6 is 0 Å². The fourth-order valence-electron chi connectivity index (χ4n) is 5.62. The van der Waals surface area contributed by atoms with E-state index in [0.717, 1.165) is 56.3 Å². The van der Waals surface area contributed by atoms with Crippen LogP contribution in [0.25, 0.3) is 11.0 Å². The summed E-state index contributed by atoms with van der Waals surface area (Å²) in [7, 11) is 0. The third kappa shape index (κ3) is 5.55. The molecule has 38 heavy (non-hydrogen) atoms. The first kappa shape index (κ1) is 26.2. The Morgan fingerprint density at radius 2 is 2.05 bits per heavy atom. The average Bonchev–Trinajstić information content (AvgIpc) is 3.32. The number of hydrogen-bond donors (Lipinski definition) is 0. The number of aldehydes is 1. The third-order valence-corrected chi connectivity index (χ3v) is 7.73. The summed E-state index contributed by atoms with van der Waals surface area (Å²) >= 11 is 0. The van der Waals surface area contributed by atoms with Crippen molar-refractivity contribution in [2.45, 2.75) is 76.9 Å². The lowest BCUT2D eigenvalue weighted by Crippen LogP contribution is -2.38. The molecule has 0 N–H and O–H groups in total. The summed E-state index contributed by atoms with van der Waals surface area (Å²) in [6.07, 6.45) is 5.03. The Hall–Kier alpha value is -3.40. The van der Waals surface area contributed by atoms with Crippen LogP contribution in [0, 0.1) is 12.7 Å². The minimum atomic E-state index is -0.531. The number of nitrogens with zero attached hydrogens (tertiary/aromatic N) is 4. The lowest BCUT2D eigenvalue weighted by atomic mass is 9.91. The Bertz CT molecular complexity index is 1380. The molecule has 0 radical (unpaired) electrons. The van der Waals surface area contributed by atoms with Gasteiger partial charge in [-0.2, -0.15) is 0 Å². The zero-order valence-corrected chi connectivity index (χ0v) is 21.7. The number of piperidine rings is 1. The van der Waals surface area contributed by atoms with Gasteiger partial charge in [0.05, 0.1) is 5.69 Å². The van der Waals surface area contributed by atoms with Gasteiger partial charge in [0, 0.05) is 54.6 Å². The van der Waals surface area contributed by atoms with E-state index in [1.807, 2.05) is 6.92 Å². The van der Waals surface area contributed by atoms with Crippen molar-refractivity contribution in [3.63, 3.8) is 0 Å². The van der Waals surface area contributed by atoms with E-state index in [-0.39, 0.29) is 29.7 Å². The van der Waals surface area contributed by atoms with E-state index < -0.39 is 6.10 Å². The number of unbranched alkanes of at least 4 members (excludes halogenated alkanes) is 1. The molecule has 2 aliphatic heterocycles. The number of halogens is 1. The van der Waals surface area contributed by atoms with Gasteiger partial charge in [0.15, 0.2) is 17.5 Å². The molecule has 1 aromatic carbocycles. The van der Waals surface area contributed by atoms with Gasteiger partial charge in [-0.25, -0.2) is 9.37 Å². The van der Waals surface area contributed by atoms with Crippen molar-refractivity contribution in [1.82, 2.24) is 19.6 Å². The Labute approximate surface area is 220 Å². The maximum Gasteiger partial charge on any atom is 0.306 e. The van der Waals surface area contributed by atoms with Gasteiger partial charge in [-0.15, -0.1) is 0 Å². The number of benzene rings is 1. The van der Waals surface area contributed by atoms with Gasteiger partial charge in [-0.1, -0.05) is 5.16 Å². The monoisotopic (exact) mass is 524 g/mol. The first-order chi connectivity index (χ1) is 18.4. The van der Waals surface area contributed by atoms with E-state index in [1.54, 1.807) is 10.6 Å². The van der Waals surface area contributed by atoms with E-state index in [9.17, 15) is 18.8 Å². The summed E-state index contributed by atoms with van der Waals surface area (Å²) in [6, 6.07) is 4.55. The topological polar surface area (TPSA) is 108 Å². The average molecular weight is 525 g/mol. The van der Waals surface area contributed by atoms with Crippen molar-refractivity contribution in [2.24, 2.45) is 0 Å². The highest BCUT2D eigenvalue weighted by Gasteiger charge is 2.29. The van der Waals surface area contributed by atoms with Crippen molar-refractivity contribution in [2.75, 3.05) is 19.6 Å². The largest absolute Gasteiger partial charge is 0.454 e. The molecule has 2 aromatic heterocycles. The smallest absolute Gasteiger partial charge is 0.306 e. The Morgan fingerprint density at radius 1 is 1.24 bits per heavy atom. The molecular formula is C28H33FN4O5. The normalized spacial score (nSPS) is 18.4. The first-order valence-corrected chi connectivity index (χ1v) is 13.4. The molecule has 0 spiro atoms. The number of ether oxygens (including phenoxy) is 1. The van der Waals surface area contributed by atoms with Crippen molar-refractivity contribution >= 4 is 23.2 Å². The minimum Gasteiger partial charge on any atom is -0.454 e. The van der Waals surface area contributed by atoms with E-state index in [0.29, 0.717) is 54.9 Å². The fourth-order valence-corrected chi connectivity index (χ4v) is 5.62. The standard InChI is InChI=1S/C28H33FN4O5/c1-18-21(28(36)33-12-4-5-23(27(33)30-18)37-25(35)6-2-3-16-34)11-15-32-13-9-19(10-14-32)26-22-8-7-20(29)17-24(22)38-31-26/h7-8,16-17,19,23H,2-6,9-15H2,1H3. The Balaban J connectivity index is 1.20. The molecule has 3 aromatic rings. The van der Waals surface area contributed by atoms with Gasteiger partial charge < -0.3 is 19.0 Å². The molecule has 5 rings (SSSR count). The number of fused-ring (bicyclic) bond motifs is 2. The Morgan fingerprint density at radius 3 is 2.84 bits per heavy atom. The number of hydrogen-bond acceptors (Lipinski definition) is 8. The second-order valence-corrected chi connectivity index (χ2v) is 10.2. The molecule has 9 nitrogen and oxygen atoms in total. The van der Waals surface area contributed by atoms with Crippen LogP contribution in [0.5, 0.6) is 0 Å². The zero-order valence-electron chi connectivity index (χ0n) is 21.7. The van der Waals surface area contributed by atoms with Gasteiger partial charge in [0.25, 0.3) is 5.56 Å². The van der Waals surface area contributed by atoms with Crippen LogP contribution in [0.4, 0.5) is 4.39 Å². The van der Waals surface area contributed by atoms with Crippen LogP contribution in [-0.4, -0.2) is 51.5 Å². The van der Waals surface area contributed by atoms with Gasteiger partial charge >= 0.3 is 5.97 Å². The lowest BCUT2D eigenvalue weighted by molar-refractivity contribution is -0.151. The van der Waals surface area contributed by atoms with Crippen molar-refractivity contribution in [3.05, 3.63) is 57.1 Å². The van der Waals surface area contributed by atoms with Crippen molar-refractivity contribution < 1.29 is 23.2 Å². The molecule has 1 fully saturated rings. The van der Waals surface area contributed by atoms with E-state index in [1.165, 1.54) is 12.1 Å². The maximum atomic E-state index is 13.5. The van der Waals surface area contributed by atoms with Crippen molar-refractivity contribution in [1.29, 1.82) is 0 Å². The number of likely N-dealkylation sites (tertiary alicyclic amines) is 1. The van der Waals surface area contributed by atoms with Crippen LogP contribution in [0.2, 0.25) is 0 Å². The van der Waals surface area contributed by atoms with Crippen LogP contribution < -0.4 is 5.56 Å². The molecule has 0 saturated carbocycles. The lowest BCUT2D eigenvalue weighted by Gasteiger charge is -2.31. The summed E-state index contributed by atoms with van der Waals surface area (Å²) in [4.78, 5) is 43.2. The third-order valence-electron chi connectivity index (χ3n) is 7.73. The number of aryl methyl sites for hydroxylation is 1. The molecule has 4 heterocycles. The predicted molar refractivity (Wildman–Crippen MR) is 137 cm³/mol. The molecule has 2 aliphatic rings. The molecule has 1 saturated heterocycles. The Kier molecular flexibility index (Phi) is 7.97. The highest BCUT2D eigenvalue weighted by Crippen LogP contribution is 2.33. The highest BCUT2D eigenvalue weighted by molar-refractivity contribution is 5.79. The summed E-state index contributed by atoms with van der Waals surface area (Å²) < 4.78 is 26.1. The maximum absolute atomic E-state index is 13.5. The molecule has 1 unspecified atom stereocenters. The van der Waals surface area contributed by atoms with Gasteiger partial charge in [0.1, 0.15) is 12.1 Å². The summed E-state index contributed by atoms with van der Waals surface area (Å²) in [6.45, 7) is 4.92. The second-order valence-electron chi connectivity index (χ2n) is 10.2. The summed E-state index contributed by atoms with van der Waals surface area (Å²) in [5.41, 5.74) is 2.71. The predicted octanol–water partition coefficient (Wildman–Crippen LogP) is 4.00. The van der Waals surface area contributed by atoms with E-state index in [2.05, 4.69) is 10.1 Å². The van der Waals surface area contributed by atoms with Gasteiger partial charge in [-0.05, 0) is 70.7 Å². The number of carbonyl (C=O) groups is 2. The van der Waals surface area contributed by atoms with Crippen LogP contribution in [0.3, 0.4) is 0 Å². The summed E-state index contributed by atoms with van der Waals surface area (Å²) in [5, 5.41) is 5.10. The fraction of sp³-hybridized carbons (Fsp3) is 0.536. The minimum absolute atomic E-state index is 0.0506.